The van der Waals surface area contributed by atoms with Crippen molar-refractivity contribution in [1.29, 1.82) is 0 Å². The highest BCUT2D eigenvalue weighted by Crippen LogP contribution is 2.33. The zero-order chi connectivity index (χ0) is 15.6. The van der Waals surface area contributed by atoms with Crippen molar-refractivity contribution in [3.63, 3.8) is 0 Å². The van der Waals surface area contributed by atoms with E-state index in [1.165, 1.54) is 24.3 Å². The molecule has 0 saturated heterocycles. The van der Waals surface area contributed by atoms with Crippen LogP contribution in [0.1, 0.15) is 12.5 Å². The molecular formula is C15H15FO4S. The van der Waals surface area contributed by atoms with Crippen LogP contribution in [0.3, 0.4) is 0 Å². The molecule has 0 radical (unpaired) electrons. The van der Waals surface area contributed by atoms with E-state index in [0.717, 1.165) is 24.3 Å². The van der Waals surface area contributed by atoms with Gasteiger partial charge in [-0.1, -0.05) is 13.0 Å². The van der Waals surface area contributed by atoms with Gasteiger partial charge in [0.2, 0.25) is 0 Å². The molecule has 0 aliphatic heterocycles. The van der Waals surface area contributed by atoms with Crippen LogP contribution in [0.25, 0.3) is 0 Å². The number of aromatic hydroxyl groups is 1. The molecule has 21 heavy (non-hydrogen) atoms. The highest BCUT2D eigenvalue weighted by Gasteiger charge is 2.13. The minimum absolute atomic E-state index is 0.0964. The van der Waals surface area contributed by atoms with Gasteiger partial charge in [0.05, 0.1) is 4.90 Å². The Kier molecular flexibility index (Phi) is 4.18. The van der Waals surface area contributed by atoms with E-state index < -0.39 is 15.7 Å². The third kappa shape index (κ3) is 3.52. The van der Waals surface area contributed by atoms with Gasteiger partial charge >= 0.3 is 0 Å². The number of hydrogen-bond donors (Lipinski definition) is 1. The van der Waals surface area contributed by atoms with Crippen LogP contribution in [-0.2, 0) is 16.3 Å². The summed E-state index contributed by atoms with van der Waals surface area (Å²) in [5, 5.41) is 9.82. The minimum Gasteiger partial charge on any atom is -0.504 e. The summed E-state index contributed by atoms with van der Waals surface area (Å²) in [6, 6.07) is 8.21. The molecule has 112 valence electrons. The van der Waals surface area contributed by atoms with Crippen molar-refractivity contribution < 1.29 is 22.7 Å². The van der Waals surface area contributed by atoms with E-state index in [-0.39, 0.29) is 22.1 Å². The van der Waals surface area contributed by atoms with Crippen molar-refractivity contribution in [3.8, 4) is 17.2 Å². The Labute approximate surface area is 122 Å². The molecule has 0 aliphatic rings. The summed E-state index contributed by atoms with van der Waals surface area (Å²) < 4.78 is 41.8. The van der Waals surface area contributed by atoms with E-state index in [9.17, 15) is 17.9 Å². The first kappa shape index (κ1) is 15.3. The molecule has 2 rings (SSSR count). The van der Waals surface area contributed by atoms with Crippen molar-refractivity contribution in [1.82, 2.24) is 0 Å². The molecule has 4 nitrogen and oxygen atoms in total. The molecule has 2 aromatic carbocycles. The van der Waals surface area contributed by atoms with Crippen molar-refractivity contribution >= 4 is 9.84 Å². The summed E-state index contributed by atoms with van der Waals surface area (Å²) in [4.78, 5) is -0.127. The normalized spacial score (nSPS) is 11.4. The van der Waals surface area contributed by atoms with Gasteiger partial charge in [-0.15, -0.1) is 0 Å². The first-order chi connectivity index (χ1) is 9.81. The van der Waals surface area contributed by atoms with Gasteiger partial charge in [-0.2, -0.15) is 0 Å². The van der Waals surface area contributed by atoms with Gasteiger partial charge in [0.15, 0.2) is 32.9 Å². The van der Waals surface area contributed by atoms with E-state index in [2.05, 4.69) is 0 Å². The van der Waals surface area contributed by atoms with Crippen LogP contribution in [0.5, 0.6) is 17.2 Å². The molecule has 0 fully saturated rings. The van der Waals surface area contributed by atoms with Gasteiger partial charge in [-0.3, -0.25) is 0 Å². The number of ether oxygens (including phenoxy) is 1. The lowest BCUT2D eigenvalue weighted by molar-refractivity contribution is 0.395. The molecule has 0 unspecified atom stereocenters. The Bertz CT molecular complexity index is 769. The number of sulfone groups is 1. The van der Waals surface area contributed by atoms with Crippen LogP contribution in [-0.4, -0.2) is 19.8 Å². The van der Waals surface area contributed by atoms with Crippen LogP contribution in [0, 0.1) is 5.82 Å². The molecular weight excluding hydrogens is 295 g/mol. The predicted octanol–water partition coefficient (Wildman–Crippen LogP) is 3.29. The number of benzene rings is 2. The SMILES string of the molecule is CCc1ccc(Oc2ccc(S(C)(=O)=O)cc2F)c(O)c1. The number of halogens is 1. The first-order valence-electron chi connectivity index (χ1n) is 6.30. The van der Waals surface area contributed by atoms with Gasteiger partial charge < -0.3 is 9.84 Å². The highest BCUT2D eigenvalue weighted by molar-refractivity contribution is 7.90. The molecule has 0 heterocycles. The van der Waals surface area contributed by atoms with E-state index in [0.29, 0.717) is 0 Å². The molecule has 0 bridgehead atoms. The van der Waals surface area contributed by atoms with Crippen LogP contribution in [0.2, 0.25) is 0 Å². The van der Waals surface area contributed by atoms with Crippen molar-refractivity contribution in [2.45, 2.75) is 18.2 Å². The molecule has 0 saturated carbocycles. The van der Waals surface area contributed by atoms with E-state index in [1.807, 2.05) is 6.92 Å². The Morgan fingerprint density at radius 2 is 1.81 bits per heavy atom. The van der Waals surface area contributed by atoms with E-state index >= 15 is 0 Å². The van der Waals surface area contributed by atoms with E-state index in [4.69, 9.17) is 4.74 Å². The second kappa shape index (κ2) is 5.73. The maximum atomic E-state index is 13.9. The van der Waals surface area contributed by atoms with Gasteiger partial charge in [-0.05, 0) is 42.3 Å². The van der Waals surface area contributed by atoms with Crippen molar-refractivity contribution in [2.75, 3.05) is 6.26 Å². The minimum atomic E-state index is -3.48. The second-order valence-electron chi connectivity index (χ2n) is 4.62. The summed E-state index contributed by atoms with van der Waals surface area (Å²) in [5.74, 6) is -0.946. The second-order valence-corrected chi connectivity index (χ2v) is 6.64. The number of phenolic OH excluding ortho intramolecular Hbond substituents is 1. The summed E-state index contributed by atoms with van der Waals surface area (Å²) in [6.07, 6.45) is 1.75. The van der Waals surface area contributed by atoms with Crippen LogP contribution >= 0.6 is 0 Å². The Morgan fingerprint density at radius 3 is 2.33 bits per heavy atom. The quantitative estimate of drug-likeness (QED) is 0.941. The fourth-order valence-corrected chi connectivity index (χ4v) is 2.42. The average molecular weight is 310 g/mol. The van der Waals surface area contributed by atoms with Gasteiger partial charge in [0, 0.05) is 6.26 Å². The number of hydrogen-bond acceptors (Lipinski definition) is 4. The lowest BCUT2D eigenvalue weighted by Crippen LogP contribution is -1.98. The Hall–Kier alpha value is -2.08. The zero-order valence-electron chi connectivity index (χ0n) is 11.6. The Morgan fingerprint density at radius 1 is 1.14 bits per heavy atom. The summed E-state index contributed by atoms with van der Waals surface area (Å²) in [7, 11) is -3.48. The Balaban J connectivity index is 2.32. The molecule has 0 aromatic heterocycles. The van der Waals surface area contributed by atoms with Crippen molar-refractivity contribution in [2.24, 2.45) is 0 Å². The fraction of sp³-hybridized carbons (Fsp3) is 0.200. The third-order valence-corrected chi connectivity index (χ3v) is 4.09. The molecule has 0 aliphatic carbocycles. The zero-order valence-corrected chi connectivity index (χ0v) is 12.4. The topological polar surface area (TPSA) is 63.6 Å². The number of phenols is 1. The summed E-state index contributed by atoms with van der Waals surface area (Å²) in [5.41, 5.74) is 0.924. The smallest absolute Gasteiger partial charge is 0.175 e. The first-order valence-corrected chi connectivity index (χ1v) is 8.19. The van der Waals surface area contributed by atoms with Gasteiger partial charge in [-0.25, -0.2) is 12.8 Å². The maximum absolute atomic E-state index is 13.9. The molecule has 2 aromatic rings. The highest BCUT2D eigenvalue weighted by atomic mass is 32.2. The van der Waals surface area contributed by atoms with Crippen molar-refractivity contribution in [3.05, 3.63) is 47.8 Å². The van der Waals surface area contributed by atoms with Gasteiger partial charge in [0.25, 0.3) is 0 Å². The standard InChI is InChI=1S/C15H15FO4S/c1-3-10-4-6-15(13(17)8-10)20-14-7-5-11(9-12(14)16)21(2,18)19/h4-9,17H,3H2,1-2H3. The molecule has 0 amide bonds. The molecule has 6 heteroatoms. The van der Waals surface area contributed by atoms with Gasteiger partial charge in [0.1, 0.15) is 0 Å². The largest absolute Gasteiger partial charge is 0.504 e. The third-order valence-electron chi connectivity index (χ3n) is 2.98. The van der Waals surface area contributed by atoms with E-state index in [1.54, 1.807) is 6.07 Å². The number of rotatable bonds is 4. The van der Waals surface area contributed by atoms with Crippen LogP contribution < -0.4 is 4.74 Å². The lowest BCUT2D eigenvalue weighted by Gasteiger charge is -2.10. The van der Waals surface area contributed by atoms with Crippen LogP contribution in [0.4, 0.5) is 4.39 Å². The molecule has 0 atom stereocenters. The number of aryl methyl sites for hydroxylation is 1. The molecule has 1 N–H and O–H groups in total. The fourth-order valence-electron chi connectivity index (χ4n) is 1.78. The summed E-state index contributed by atoms with van der Waals surface area (Å²) >= 11 is 0. The average Bonchev–Trinajstić information content (AvgIpc) is 2.41. The lowest BCUT2D eigenvalue weighted by atomic mass is 10.1. The maximum Gasteiger partial charge on any atom is 0.175 e. The van der Waals surface area contributed by atoms with Crippen LogP contribution in [0.15, 0.2) is 41.3 Å². The predicted molar refractivity (Wildman–Crippen MR) is 77.1 cm³/mol. The molecule has 0 spiro atoms. The monoisotopic (exact) mass is 310 g/mol. The summed E-state index contributed by atoms with van der Waals surface area (Å²) in [6.45, 7) is 1.94.